The molecule has 0 atom stereocenters. The molecule has 2 aromatic rings. The Bertz CT molecular complexity index is 882. The van der Waals surface area contributed by atoms with E-state index in [1.54, 1.807) is 31.4 Å². The molecule has 160 valence electrons. The molecule has 30 heavy (non-hydrogen) atoms. The molecule has 0 spiro atoms. The SMILES string of the molecule is COCCCN=C(NC(=S)Nc1ccc(C(=O)OC)cc1)Nc1nc(C)cc(C)n1. The number of hydrogen-bond donors (Lipinski definition) is 3. The van der Waals surface area contributed by atoms with Gasteiger partial charge in [-0.2, -0.15) is 0 Å². The summed E-state index contributed by atoms with van der Waals surface area (Å²) in [6.07, 6.45) is 0.756. The van der Waals surface area contributed by atoms with Crippen molar-refractivity contribution in [3.63, 3.8) is 0 Å². The largest absolute Gasteiger partial charge is 0.465 e. The summed E-state index contributed by atoms with van der Waals surface area (Å²) in [5.74, 6) is 0.445. The van der Waals surface area contributed by atoms with Crippen molar-refractivity contribution < 1.29 is 14.3 Å². The first kappa shape index (κ1) is 23.2. The number of benzene rings is 1. The number of aromatic nitrogens is 2. The average Bonchev–Trinajstić information content (AvgIpc) is 2.70. The molecule has 0 bridgehead atoms. The highest BCUT2D eigenvalue weighted by molar-refractivity contribution is 7.80. The number of hydrogen-bond acceptors (Lipinski definition) is 7. The lowest BCUT2D eigenvalue weighted by molar-refractivity contribution is 0.0601. The fourth-order valence-electron chi connectivity index (χ4n) is 2.48. The molecular formula is C20H26N6O3S. The zero-order valence-corrected chi connectivity index (χ0v) is 18.3. The van der Waals surface area contributed by atoms with Crippen molar-refractivity contribution in [2.45, 2.75) is 20.3 Å². The van der Waals surface area contributed by atoms with Gasteiger partial charge < -0.3 is 20.1 Å². The lowest BCUT2D eigenvalue weighted by Gasteiger charge is -2.14. The highest BCUT2D eigenvalue weighted by Gasteiger charge is 2.08. The maximum Gasteiger partial charge on any atom is 0.337 e. The first-order valence-electron chi connectivity index (χ1n) is 9.30. The summed E-state index contributed by atoms with van der Waals surface area (Å²) in [6, 6.07) is 8.65. The number of guanidine groups is 1. The minimum absolute atomic E-state index is 0.322. The third-order valence-corrected chi connectivity index (χ3v) is 3.99. The summed E-state index contributed by atoms with van der Waals surface area (Å²) in [5.41, 5.74) is 2.85. The van der Waals surface area contributed by atoms with Gasteiger partial charge in [-0.3, -0.25) is 10.3 Å². The molecule has 1 heterocycles. The van der Waals surface area contributed by atoms with Crippen molar-refractivity contribution in [1.29, 1.82) is 0 Å². The first-order valence-corrected chi connectivity index (χ1v) is 9.71. The zero-order chi connectivity index (χ0) is 21.9. The van der Waals surface area contributed by atoms with Crippen LogP contribution in [0.15, 0.2) is 35.3 Å². The summed E-state index contributed by atoms with van der Waals surface area (Å²) in [5, 5.41) is 9.47. The molecular weight excluding hydrogens is 404 g/mol. The van der Waals surface area contributed by atoms with E-state index in [1.165, 1.54) is 7.11 Å². The quantitative estimate of drug-likeness (QED) is 0.201. The molecule has 2 rings (SSSR count). The van der Waals surface area contributed by atoms with Crippen LogP contribution < -0.4 is 16.0 Å². The number of thiocarbonyl (C=S) groups is 1. The summed E-state index contributed by atoms with van der Waals surface area (Å²) in [6.45, 7) is 4.93. The van der Waals surface area contributed by atoms with Gasteiger partial charge >= 0.3 is 5.97 Å². The second-order valence-corrected chi connectivity index (χ2v) is 6.73. The maximum absolute atomic E-state index is 11.5. The van der Waals surface area contributed by atoms with Gasteiger partial charge in [-0.15, -0.1) is 0 Å². The Balaban J connectivity index is 2.06. The third kappa shape index (κ3) is 7.72. The van der Waals surface area contributed by atoms with Gasteiger partial charge in [0.15, 0.2) is 5.11 Å². The molecule has 0 saturated heterocycles. The molecule has 0 saturated carbocycles. The van der Waals surface area contributed by atoms with Crippen LogP contribution in [0.5, 0.6) is 0 Å². The number of nitrogens with one attached hydrogen (secondary N) is 3. The Morgan fingerprint density at radius 1 is 1.10 bits per heavy atom. The fourth-order valence-corrected chi connectivity index (χ4v) is 2.69. The second kappa shape index (κ2) is 11.8. The Hall–Kier alpha value is -3.11. The van der Waals surface area contributed by atoms with E-state index in [-0.39, 0.29) is 0 Å². The number of nitrogens with zero attached hydrogens (tertiary/aromatic N) is 3. The van der Waals surface area contributed by atoms with E-state index in [1.807, 2.05) is 19.9 Å². The van der Waals surface area contributed by atoms with Gasteiger partial charge in [0.25, 0.3) is 0 Å². The number of aryl methyl sites for hydroxylation is 2. The topological polar surface area (TPSA) is 110 Å². The molecule has 0 radical (unpaired) electrons. The molecule has 0 aliphatic carbocycles. The van der Waals surface area contributed by atoms with E-state index in [2.05, 4.69) is 30.9 Å². The molecule has 1 aromatic heterocycles. The number of aliphatic imine (C=N–C) groups is 1. The molecule has 0 unspecified atom stereocenters. The van der Waals surface area contributed by atoms with E-state index < -0.39 is 5.97 Å². The Morgan fingerprint density at radius 3 is 2.37 bits per heavy atom. The zero-order valence-electron chi connectivity index (χ0n) is 17.5. The summed E-state index contributed by atoms with van der Waals surface area (Å²) >= 11 is 5.39. The number of anilines is 2. The van der Waals surface area contributed by atoms with Gasteiger partial charge in [0.05, 0.1) is 12.7 Å². The Kier molecular flexibility index (Phi) is 9.10. The van der Waals surface area contributed by atoms with Crippen molar-refractivity contribution in [1.82, 2.24) is 15.3 Å². The number of carbonyl (C=O) groups is 1. The minimum atomic E-state index is -0.398. The van der Waals surface area contributed by atoms with Crippen molar-refractivity contribution in [3.8, 4) is 0 Å². The maximum atomic E-state index is 11.5. The van der Waals surface area contributed by atoms with Gasteiger partial charge in [0, 0.05) is 37.3 Å². The van der Waals surface area contributed by atoms with Crippen molar-refractivity contribution >= 4 is 40.9 Å². The van der Waals surface area contributed by atoms with Crippen LogP contribution >= 0.6 is 12.2 Å². The fraction of sp³-hybridized carbons (Fsp3) is 0.350. The smallest absolute Gasteiger partial charge is 0.337 e. The molecule has 0 aliphatic heterocycles. The van der Waals surface area contributed by atoms with Gasteiger partial charge in [-0.25, -0.2) is 14.8 Å². The van der Waals surface area contributed by atoms with Crippen LogP contribution in [-0.4, -0.2) is 54.4 Å². The lowest BCUT2D eigenvalue weighted by atomic mass is 10.2. The summed E-state index contributed by atoms with van der Waals surface area (Å²) in [7, 11) is 2.99. The van der Waals surface area contributed by atoms with Crippen LogP contribution in [0.4, 0.5) is 11.6 Å². The number of carbonyl (C=O) groups excluding carboxylic acids is 1. The second-order valence-electron chi connectivity index (χ2n) is 6.32. The highest BCUT2D eigenvalue weighted by atomic mass is 32.1. The standard InChI is InChI=1S/C20H26N6O3S/c1-13-12-14(2)23-19(22-13)25-18(21-10-5-11-28-3)26-20(30)24-16-8-6-15(7-9-16)17(27)29-4/h6-9,12H,5,10-11H2,1-4H3,(H3,21,22,23,24,25,26,30). The van der Waals surface area contributed by atoms with Crippen LogP contribution in [0.2, 0.25) is 0 Å². The third-order valence-electron chi connectivity index (χ3n) is 3.78. The first-order chi connectivity index (χ1) is 14.4. The van der Waals surface area contributed by atoms with Crippen LogP contribution in [-0.2, 0) is 9.47 Å². The van der Waals surface area contributed by atoms with Crippen LogP contribution in [0, 0.1) is 13.8 Å². The molecule has 1 aromatic carbocycles. The predicted molar refractivity (Wildman–Crippen MR) is 121 cm³/mol. The lowest BCUT2D eigenvalue weighted by Crippen LogP contribution is -2.39. The monoisotopic (exact) mass is 430 g/mol. The molecule has 10 heteroatoms. The molecule has 3 N–H and O–H groups in total. The predicted octanol–water partition coefficient (Wildman–Crippen LogP) is 2.67. The van der Waals surface area contributed by atoms with Crippen molar-refractivity contribution in [3.05, 3.63) is 47.3 Å². The molecule has 0 amide bonds. The normalized spacial score (nSPS) is 11.0. The van der Waals surface area contributed by atoms with Crippen molar-refractivity contribution in [2.24, 2.45) is 4.99 Å². The van der Waals surface area contributed by atoms with Gasteiger partial charge in [-0.1, -0.05) is 0 Å². The number of rotatable bonds is 7. The summed E-state index contributed by atoms with van der Waals surface area (Å²) < 4.78 is 9.76. The van der Waals surface area contributed by atoms with Gasteiger partial charge in [-0.05, 0) is 62.8 Å². The van der Waals surface area contributed by atoms with E-state index in [0.717, 1.165) is 17.8 Å². The molecule has 0 aliphatic rings. The average molecular weight is 431 g/mol. The number of esters is 1. The number of ether oxygens (including phenoxy) is 2. The minimum Gasteiger partial charge on any atom is -0.465 e. The van der Waals surface area contributed by atoms with E-state index in [4.69, 9.17) is 21.7 Å². The van der Waals surface area contributed by atoms with Crippen LogP contribution in [0.1, 0.15) is 28.2 Å². The van der Waals surface area contributed by atoms with E-state index in [9.17, 15) is 4.79 Å². The number of methoxy groups -OCH3 is 2. The van der Waals surface area contributed by atoms with Crippen molar-refractivity contribution in [2.75, 3.05) is 38.0 Å². The molecule has 0 fully saturated rings. The Labute approximate surface area is 181 Å². The Morgan fingerprint density at radius 2 is 1.77 bits per heavy atom. The van der Waals surface area contributed by atoms with Gasteiger partial charge in [0.2, 0.25) is 11.9 Å². The van der Waals surface area contributed by atoms with E-state index >= 15 is 0 Å². The molecule has 9 nitrogen and oxygen atoms in total. The van der Waals surface area contributed by atoms with Gasteiger partial charge in [0.1, 0.15) is 0 Å². The highest BCUT2D eigenvalue weighted by Crippen LogP contribution is 2.10. The van der Waals surface area contributed by atoms with Crippen LogP contribution in [0.3, 0.4) is 0 Å². The summed E-state index contributed by atoms with van der Waals surface area (Å²) in [4.78, 5) is 24.8. The van der Waals surface area contributed by atoms with E-state index in [0.29, 0.717) is 41.4 Å². The van der Waals surface area contributed by atoms with Crippen LogP contribution in [0.25, 0.3) is 0 Å².